The second-order valence-corrected chi connectivity index (χ2v) is 11.7. The average molecular weight is 509 g/mol. The van der Waals surface area contributed by atoms with Gasteiger partial charge in [-0.1, -0.05) is 20.8 Å². The SMILES string of the molecule is CCC(C)NS(=O)(=O)c1cc(NC(=O)CC(C)C)ccc1Oc1c(C)c(C(=O)O)nn1C(C)(C)C. The Bertz CT molecular complexity index is 1200. The Kier molecular flexibility index (Phi) is 8.72. The molecule has 1 aromatic carbocycles. The lowest BCUT2D eigenvalue weighted by Crippen LogP contribution is -2.32. The van der Waals surface area contributed by atoms with E-state index in [0.717, 1.165) is 0 Å². The number of hydrogen-bond donors (Lipinski definition) is 3. The van der Waals surface area contributed by atoms with Gasteiger partial charge in [-0.05, 0) is 65.2 Å². The van der Waals surface area contributed by atoms with E-state index in [1.807, 2.05) is 41.5 Å². The molecule has 3 N–H and O–H groups in total. The summed E-state index contributed by atoms with van der Waals surface area (Å²) in [5.74, 6) is -1.22. The van der Waals surface area contributed by atoms with Crippen LogP contribution in [0.15, 0.2) is 23.1 Å². The van der Waals surface area contributed by atoms with E-state index in [1.54, 1.807) is 19.9 Å². The first-order valence-electron chi connectivity index (χ1n) is 11.5. The van der Waals surface area contributed by atoms with Crippen molar-refractivity contribution in [3.05, 3.63) is 29.5 Å². The zero-order valence-corrected chi connectivity index (χ0v) is 22.4. The van der Waals surface area contributed by atoms with E-state index < -0.39 is 21.5 Å². The highest BCUT2D eigenvalue weighted by Crippen LogP contribution is 2.36. The fourth-order valence-electron chi connectivity index (χ4n) is 3.24. The number of rotatable bonds is 10. The number of sulfonamides is 1. The number of nitrogens with zero attached hydrogens (tertiary/aromatic N) is 2. The van der Waals surface area contributed by atoms with Crippen molar-refractivity contribution in [2.24, 2.45) is 5.92 Å². The number of carboxylic acid groups (broad SMARTS) is 1. The van der Waals surface area contributed by atoms with E-state index in [1.165, 1.54) is 16.8 Å². The molecule has 1 aromatic heterocycles. The molecule has 0 saturated heterocycles. The topological polar surface area (TPSA) is 140 Å². The van der Waals surface area contributed by atoms with Crippen LogP contribution >= 0.6 is 0 Å². The van der Waals surface area contributed by atoms with Crippen LogP contribution in [0.1, 0.15) is 77.4 Å². The van der Waals surface area contributed by atoms with Gasteiger partial charge in [0.05, 0.1) is 5.54 Å². The van der Waals surface area contributed by atoms with Crippen LogP contribution in [0, 0.1) is 12.8 Å². The van der Waals surface area contributed by atoms with Crippen molar-refractivity contribution in [2.75, 3.05) is 5.32 Å². The number of amides is 1. The molecule has 0 radical (unpaired) electrons. The van der Waals surface area contributed by atoms with E-state index >= 15 is 0 Å². The highest BCUT2D eigenvalue weighted by Gasteiger charge is 2.30. The van der Waals surface area contributed by atoms with Crippen molar-refractivity contribution in [3.8, 4) is 11.6 Å². The number of aromatic carboxylic acids is 1. The Balaban J connectivity index is 2.64. The molecule has 0 saturated carbocycles. The number of carboxylic acids is 1. The summed E-state index contributed by atoms with van der Waals surface area (Å²) in [4.78, 5) is 23.8. The summed E-state index contributed by atoms with van der Waals surface area (Å²) in [5.41, 5.74) is -0.263. The van der Waals surface area contributed by atoms with E-state index in [-0.39, 0.29) is 52.1 Å². The van der Waals surface area contributed by atoms with Gasteiger partial charge in [-0.2, -0.15) is 5.10 Å². The van der Waals surface area contributed by atoms with Gasteiger partial charge in [0.1, 0.15) is 10.6 Å². The number of aromatic nitrogens is 2. The van der Waals surface area contributed by atoms with Crippen molar-refractivity contribution < 1.29 is 27.9 Å². The molecule has 11 heteroatoms. The van der Waals surface area contributed by atoms with Crippen molar-refractivity contribution in [1.29, 1.82) is 0 Å². The molecule has 0 aliphatic heterocycles. The monoisotopic (exact) mass is 508 g/mol. The Hall–Kier alpha value is -2.92. The minimum atomic E-state index is -4.05. The Morgan fingerprint density at radius 2 is 1.83 bits per heavy atom. The van der Waals surface area contributed by atoms with Crippen LogP contribution < -0.4 is 14.8 Å². The van der Waals surface area contributed by atoms with E-state index in [4.69, 9.17) is 4.74 Å². The van der Waals surface area contributed by atoms with Crippen molar-refractivity contribution in [1.82, 2.24) is 14.5 Å². The van der Waals surface area contributed by atoms with Crippen LogP contribution in [-0.4, -0.2) is 41.2 Å². The normalized spacial score (nSPS) is 13.1. The Labute approximate surface area is 207 Å². The molecule has 0 bridgehead atoms. The molecule has 0 aliphatic rings. The molecule has 194 valence electrons. The smallest absolute Gasteiger partial charge is 0.356 e. The standard InChI is InChI=1S/C24H36N4O6S/c1-9-15(4)27-35(32,33)19-13-17(25-20(29)12-14(2)3)10-11-18(19)34-22-16(5)21(23(30)31)26-28(22)24(6,7)8/h10-11,13-15,27H,9,12H2,1-8H3,(H,25,29)(H,30,31). The number of benzene rings is 1. The van der Waals surface area contributed by atoms with Gasteiger partial charge < -0.3 is 15.2 Å². The van der Waals surface area contributed by atoms with Crippen LogP contribution in [0.3, 0.4) is 0 Å². The molecule has 0 aliphatic carbocycles. The molecule has 1 amide bonds. The van der Waals surface area contributed by atoms with Gasteiger partial charge in [0.15, 0.2) is 5.69 Å². The van der Waals surface area contributed by atoms with Gasteiger partial charge >= 0.3 is 5.97 Å². The van der Waals surface area contributed by atoms with Crippen LogP contribution in [-0.2, 0) is 20.4 Å². The molecule has 2 aromatic rings. The van der Waals surface area contributed by atoms with E-state index in [0.29, 0.717) is 12.1 Å². The third-order valence-electron chi connectivity index (χ3n) is 5.19. The van der Waals surface area contributed by atoms with Crippen LogP contribution in [0.2, 0.25) is 0 Å². The summed E-state index contributed by atoms with van der Waals surface area (Å²) in [5, 5.41) is 16.5. The highest BCUT2D eigenvalue weighted by atomic mass is 32.2. The summed E-state index contributed by atoms with van der Waals surface area (Å²) >= 11 is 0. The van der Waals surface area contributed by atoms with Gasteiger partial charge in [0.2, 0.25) is 21.8 Å². The first-order valence-corrected chi connectivity index (χ1v) is 13.0. The molecule has 1 unspecified atom stereocenters. The molecular formula is C24H36N4O6S. The molecule has 1 heterocycles. The lowest BCUT2D eigenvalue weighted by molar-refractivity contribution is -0.116. The summed E-state index contributed by atoms with van der Waals surface area (Å²) in [7, 11) is -4.05. The lowest BCUT2D eigenvalue weighted by atomic mass is 10.1. The van der Waals surface area contributed by atoms with Crippen LogP contribution in [0.4, 0.5) is 5.69 Å². The molecule has 1 atom stereocenters. The quantitative estimate of drug-likeness (QED) is 0.429. The highest BCUT2D eigenvalue weighted by molar-refractivity contribution is 7.89. The number of ether oxygens (including phenoxy) is 1. The maximum Gasteiger partial charge on any atom is 0.356 e. The van der Waals surface area contributed by atoms with Gasteiger partial charge in [-0.15, -0.1) is 0 Å². The predicted octanol–water partition coefficient (Wildman–Crippen LogP) is 4.50. The maximum absolute atomic E-state index is 13.3. The number of carbonyl (C=O) groups is 2. The van der Waals surface area contributed by atoms with Crippen LogP contribution in [0.5, 0.6) is 11.6 Å². The molecule has 0 fully saturated rings. The molecule has 35 heavy (non-hydrogen) atoms. The van der Waals surface area contributed by atoms with Gasteiger partial charge in [0.25, 0.3) is 0 Å². The van der Waals surface area contributed by atoms with Gasteiger partial charge in [-0.25, -0.2) is 22.6 Å². The fraction of sp³-hybridized carbons (Fsp3) is 0.542. The zero-order chi connectivity index (χ0) is 26.7. The minimum absolute atomic E-state index is 0.0203. The lowest BCUT2D eigenvalue weighted by Gasteiger charge is -2.23. The second kappa shape index (κ2) is 10.8. The largest absolute Gasteiger partial charge is 0.476 e. The fourth-order valence-corrected chi connectivity index (χ4v) is 4.72. The zero-order valence-electron chi connectivity index (χ0n) is 21.6. The first kappa shape index (κ1) is 28.3. The summed E-state index contributed by atoms with van der Waals surface area (Å²) in [6, 6.07) is 3.98. The number of anilines is 1. The molecular weight excluding hydrogens is 472 g/mol. The Morgan fingerprint density at radius 1 is 1.20 bits per heavy atom. The average Bonchev–Trinajstić information content (AvgIpc) is 3.04. The first-order chi connectivity index (χ1) is 16.1. The van der Waals surface area contributed by atoms with Crippen molar-refractivity contribution in [2.45, 2.75) is 84.7 Å². The molecule has 2 rings (SSSR count). The summed E-state index contributed by atoms with van der Waals surface area (Å²) < 4.78 is 36.7. The summed E-state index contributed by atoms with van der Waals surface area (Å²) in [6.07, 6.45) is 0.853. The summed E-state index contributed by atoms with van der Waals surface area (Å²) in [6.45, 7) is 14.5. The third-order valence-corrected chi connectivity index (χ3v) is 6.80. The number of hydrogen-bond acceptors (Lipinski definition) is 6. The predicted molar refractivity (Wildman–Crippen MR) is 134 cm³/mol. The number of nitrogens with one attached hydrogen (secondary N) is 2. The Morgan fingerprint density at radius 3 is 2.34 bits per heavy atom. The molecule has 10 nitrogen and oxygen atoms in total. The van der Waals surface area contributed by atoms with Gasteiger partial charge in [-0.3, -0.25) is 4.79 Å². The maximum atomic E-state index is 13.3. The minimum Gasteiger partial charge on any atom is -0.476 e. The van der Waals surface area contributed by atoms with Crippen LogP contribution in [0.25, 0.3) is 0 Å². The third kappa shape index (κ3) is 7.04. The van der Waals surface area contributed by atoms with Crippen molar-refractivity contribution >= 4 is 27.6 Å². The number of carbonyl (C=O) groups excluding carboxylic acids is 1. The molecule has 0 spiro atoms. The van der Waals surface area contributed by atoms with Gasteiger partial charge in [0, 0.05) is 23.7 Å². The second-order valence-electron chi connectivity index (χ2n) is 10.0. The van der Waals surface area contributed by atoms with Crippen molar-refractivity contribution in [3.63, 3.8) is 0 Å². The van der Waals surface area contributed by atoms with E-state index in [9.17, 15) is 23.1 Å². The van der Waals surface area contributed by atoms with E-state index in [2.05, 4.69) is 15.1 Å².